The van der Waals surface area contributed by atoms with Crippen LogP contribution < -0.4 is 10.6 Å². The zero-order valence-corrected chi connectivity index (χ0v) is 26.3. The molecule has 8 nitrogen and oxygen atoms in total. The van der Waals surface area contributed by atoms with Crippen molar-refractivity contribution in [3.05, 3.63) is 101 Å². The van der Waals surface area contributed by atoms with Crippen LogP contribution >= 0.6 is 0 Å². The molecule has 0 aliphatic heterocycles. The summed E-state index contributed by atoms with van der Waals surface area (Å²) < 4.78 is 5.52. The molecular weight excluding hydrogens is 542 g/mol. The van der Waals surface area contributed by atoms with Crippen LogP contribution in [0.1, 0.15) is 76.3 Å². The fourth-order valence-electron chi connectivity index (χ4n) is 4.77. The number of carbonyl (C=O) groups excluding carboxylic acids is 3. The molecule has 0 aromatic heterocycles. The predicted octanol–water partition coefficient (Wildman–Crippen LogP) is 6.21. The Morgan fingerprint density at radius 1 is 0.884 bits per heavy atom. The summed E-state index contributed by atoms with van der Waals surface area (Å²) in [4.78, 5) is 43.5. The molecule has 3 rings (SSSR count). The zero-order chi connectivity index (χ0) is 31.8. The Morgan fingerprint density at radius 3 is 2.12 bits per heavy atom. The molecule has 43 heavy (non-hydrogen) atoms. The highest BCUT2D eigenvalue weighted by atomic mass is 16.6. The van der Waals surface area contributed by atoms with Crippen LogP contribution in [0.3, 0.4) is 0 Å². The number of hydrogen-bond acceptors (Lipinski definition) is 5. The number of phenols is 1. The number of carbonyl (C=O) groups is 3. The summed E-state index contributed by atoms with van der Waals surface area (Å²) >= 11 is 0. The van der Waals surface area contributed by atoms with Crippen molar-refractivity contribution in [2.75, 3.05) is 0 Å². The summed E-state index contributed by atoms with van der Waals surface area (Å²) in [6, 6.07) is 21.6. The number of ether oxygens (including phenoxy) is 1. The average molecular weight is 588 g/mol. The largest absolute Gasteiger partial charge is 0.508 e. The van der Waals surface area contributed by atoms with Crippen LogP contribution in [0.25, 0.3) is 0 Å². The van der Waals surface area contributed by atoms with Crippen molar-refractivity contribution in [2.24, 2.45) is 0 Å². The normalized spacial score (nSPS) is 13.0. The van der Waals surface area contributed by atoms with E-state index in [1.165, 1.54) is 12.1 Å². The van der Waals surface area contributed by atoms with E-state index in [9.17, 15) is 19.5 Å². The van der Waals surface area contributed by atoms with Crippen molar-refractivity contribution in [2.45, 2.75) is 91.1 Å². The Labute approximate surface area is 255 Å². The molecule has 0 bridgehead atoms. The minimum atomic E-state index is -1.06. The van der Waals surface area contributed by atoms with Crippen molar-refractivity contribution in [3.63, 3.8) is 0 Å². The van der Waals surface area contributed by atoms with Gasteiger partial charge in [0.25, 0.3) is 0 Å². The highest BCUT2D eigenvalue weighted by molar-refractivity contribution is 5.93. The lowest BCUT2D eigenvalue weighted by molar-refractivity contribution is -0.149. The van der Waals surface area contributed by atoms with Gasteiger partial charge in [-0.3, -0.25) is 9.59 Å². The van der Waals surface area contributed by atoms with Crippen LogP contribution in [-0.2, 0) is 27.3 Å². The predicted molar refractivity (Wildman–Crippen MR) is 168 cm³/mol. The standard InChI is InChI=1S/C35H45N3O5/c1-8-35(6,7)38(30(27-16-12-13-24(2)21-27)31(40)36-23-26-14-10-9-11-15-26)32(41)29(37-33(42)43-34(3,4)5)22-25-17-19-28(39)20-18-25/h9-21,29-30,39H,8,22-23H2,1-7H3,(H,36,40)(H,37,42). The third-order valence-corrected chi connectivity index (χ3v) is 7.29. The third-order valence-electron chi connectivity index (χ3n) is 7.29. The maximum atomic E-state index is 14.7. The number of benzene rings is 3. The minimum Gasteiger partial charge on any atom is -0.508 e. The zero-order valence-electron chi connectivity index (χ0n) is 26.3. The Balaban J connectivity index is 2.09. The smallest absolute Gasteiger partial charge is 0.408 e. The lowest BCUT2D eigenvalue weighted by Gasteiger charge is -2.44. The first-order chi connectivity index (χ1) is 20.2. The van der Waals surface area contributed by atoms with E-state index in [1.807, 2.05) is 82.3 Å². The van der Waals surface area contributed by atoms with Gasteiger partial charge in [-0.25, -0.2) is 4.79 Å². The average Bonchev–Trinajstić information content (AvgIpc) is 2.94. The van der Waals surface area contributed by atoms with Gasteiger partial charge < -0.3 is 25.4 Å². The van der Waals surface area contributed by atoms with E-state index >= 15 is 0 Å². The molecule has 3 aromatic carbocycles. The van der Waals surface area contributed by atoms with Crippen LogP contribution in [0.4, 0.5) is 4.79 Å². The molecule has 0 saturated heterocycles. The first kappa shape index (κ1) is 33.2. The van der Waals surface area contributed by atoms with Crippen LogP contribution in [0, 0.1) is 6.92 Å². The quantitative estimate of drug-likeness (QED) is 0.247. The SMILES string of the molecule is CCC(C)(C)N(C(=O)C(Cc1ccc(O)cc1)NC(=O)OC(C)(C)C)C(C(=O)NCc1ccccc1)c1cccc(C)c1. The van der Waals surface area contributed by atoms with Gasteiger partial charge in [-0.05, 0) is 76.8 Å². The summed E-state index contributed by atoms with van der Waals surface area (Å²) in [5.41, 5.74) is 1.72. The summed E-state index contributed by atoms with van der Waals surface area (Å²) in [7, 11) is 0. The Hall–Kier alpha value is -4.33. The second-order valence-corrected chi connectivity index (χ2v) is 12.5. The van der Waals surface area contributed by atoms with Crippen LogP contribution in [0.2, 0.25) is 0 Å². The summed E-state index contributed by atoms with van der Waals surface area (Å²) in [6.45, 7) is 13.3. The van der Waals surface area contributed by atoms with Gasteiger partial charge in [0.05, 0.1) is 0 Å². The van der Waals surface area contributed by atoms with E-state index in [0.29, 0.717) is 18.5 Å². The molecule has 230 valence electrons. The van der Waals surface area contributed by atoms with Gasteiger partial charge >= 0.3 is 6.09 Å². The summed E-state index contributed by atoms with van der Waals surface area (Å²) in [6.07, 6.45) is -0.0637. The van der Waals surface area contributed by atoms with Gasteiger partial charge in [-0.2, -0.15) is 0 Å². The van der Waals surface area contributed by atoms with Crippen molar-refractivity contribution in [1.29, 1.82) is 0 Å². The van der Waals surface area contributed by atoms with Crippen molar-refractivity contribution >= 4 is 17.9 Å². The monoisotopic (exact) mass is 587 g/mol. The lowest BCUT2D eigenvalue weighted by atomic mass is 9.90. The van der Waals surface area contributed by atoms with E-state index < -0.39 is 35.2 Å². The molecule has 0 radical (unpaired) electrons. The fraction of sp³-hybridized carbons (Fsp3) is 0.400. The Morgan fingerprint density at radius 2 is 1.53 bits per heavy atom. The lowest BCUT2D eigenvalue weighted by Crippen LogP contribution is -2.59. The maximum absolute atomic E-state index is 14.7. The number of phenolic OH excluding ortho intramolecular Hbond substituents is 1. The Bertz CT molecular complexity index is 1380. The number of alkyl carbamates (subject to hydrolysis) is 1. The molecule has 3 N–H and O–H groups in total. The number of amides is 3. The molecule has 0 heterocycles. The van der Waals surface area contributed by atoms with Gasteiger partial charge in [-0.1, -0.05) is 79.2 Å². The highest BCUT2D eigenvalue weighted by Gasteiger charge is 2.43. The molecule has 0 aliphatic carbocycles. The van der Waals surface area contributed by atoms with Gasteiger partial charge in [0.2, 0.25) is 11.8 Å². The minimum absolute atomic E-state index is 0.0927. The van der Waals surface area contributed by atoms with Gasteiger partial charge in [0, 0.05) is 18.5 Å². The number of hydrogen-bond donors (Lipinski definition) is 3. The second kappa shape index (κ2) is 14.2. The number of aryl methyl sites for hydroxylation is 1. The molecule has 8 heteroatoms. The first-order valence-corrected chi connectivity index (χ1v) is 14.7. The van der Waals surface area contributed by atoms with E-state index in [2.05, 4.69) is 10.6 Å². The number of nitrogens with one attached hydrogen (secondary N) is 2. The summed E-state index contributed by atoms with van der Waals surface area (Å²) in [5, 5.41) is 15.6. The second-order valence-electron chi connectivity index (χ2n) is 12.5. The van der Waals surface area contributed by atoms with E-state index in [4.69, 9.17) is 4.74 Å². The molecule has 0 saturated carbocycles. The molecule has 3 amide bonds. The molecule has 2 unspecified atom stereocenters. The van der Waals surface area contributed by atoms with Crippen molar-refractivity contribution in [1.82, 2.24) is 15.5 Å². The number of aromatic hydroxyl groups is 1. The first-order valence-electron chi connectivity index (χ1n) is 14.7. The molecular formula is C35H45N3O5. The third kappa shape index (κ3) is 9.60. The molecule has 0 fully saturated rings. The fourth-order valence-corrected chi connectivity index (χ4v) is 4.77. The van der Waals surface area contributed by atoms with Crippen LogP contribution in [0.5, 0.6) is 5.75 Å². The van der Waals surface area contributed by atoms with E-state index in [0.717, 1.165) is 16.7 Å². The molecule has 0 spiro atoms. The van der Waals surface area contributed by atoms with Gasteiger partial charge in [-0.15, -0.1) is 0 Å². The van der Waals surface area contributed by atoms with Gasteiger partial charge in [0.15, 0.2) is 0 Å². The van der Waals surface area contributed by atoms with Gasteiger partial charge in [0.1, 0.15) is 23.4 Å². The highest BCUT2D eigenvalue weighted by Crippen LogP contribution is 2.33. The van der Waals surface area contributed by atoms with Crippen LogP contribution in [0.15, 0.2) is 78.9 Å². The van der Waals surface area contributed by atoms with Crippen molar-refractivity contribution in [3.8, 4) is 5.75 Å². The summed E-state index contributed by atoms with van der Waals surface area (Å²) in [5.74, 6) is -0.660. The maximum Gasteiger partial charge on any atom is 0.408 e. The molecule has 3 aromatic rings. The van der Waals surface area contributed by atoms with Crippen LogP contribution in [-0.4, -0.2) is 45.1 Å². The topological polar surface area (TPSA) is 108 Å². The molecule has 0 aliphatic rings. The molecule has 2 atom stereocenters. The van der Waals surface area contributed by atoms with E-state index in [-0.39, 0.29) is 18.1 Å². The van der Waals surface area contributed by atoms with E-state index in [1.54, 1.807) is 37.8 Å². The number of nitrogens with zero attached hydrogens (tertiary/aromatic N) is 1. The van der Waals surface area contributed by atoms with Crippen molar-refractivity contribution < 1.29 is 24.2 Å². The number of rotatable bonds is 11. The Kier molecular flexibility index (Phi) is 11.0.